The summed E-state index contributed by atoms with van der Waals surface area (Å²) in [7, 11) is 0. The van der Waals surface area contributed by atoms with E-state index < -0.39 is 4.92 Å². The van der Waals surface area contributed by atoms with E-state index in [0.29, 0.717) is 19.4 Å². The van der Waals surface area contributed by atoms with E-state index in [1.54, 1.807) is 12.1 Å². The van der Waals surface area contributed by atoms with Crippen LogP contribution >= 0.6 is 0 Å². The summed E-state index contributed by atoms with van der Waals surface area (Å²) in [5.74, 6) is 0.0179. The molecule has 1 amide bonds. The van der Waals surface area contributed by atoms with Crippen LogP contribution in [0.25, 0.3) is 0 Å². The lowest BCUT2D eigenvalue weighted by Crippen LogP contribution is -2.43. The smallest absolute Gasteiger partial charge is 0.269 e. The van der Waals surface area contributed by atoms with Gasteiger partial charge < -0.3 is 15.4 Å². The van der Waals surface area contributed by atoms with Crippen molar-refractivity contribution < 1.29 is 14.5 Å². The Hall–Kier alpha value is -2.97. The van der Waals surface area contributed by atoms with E-state index in [-0.39, 0.29) is 17.6 Å². The summed E-state index contributed by atoms with van der Waals surface area (Å²) >= 11 is 0. The lowest BCUT2D eigenvalue weighted by Gasteiger charge is -2.31. The van der Waals surface area contributed by atoms with Gasteiger partial charge in [-0.15, -0.1) is 0 Å². The molecular formula is C23H30N4O4. The summed E-state index contributed by atoms with van der Waals surface area (Å²) in [4.78, 5) is 25.2. The standard InChI is InChI=1S/C23H30N4O4/c1-18-4-6-19(7-5-18)22(17-26-13-15-31-16-14-26)25-23(28)3-2-12-24-20-8-10-21(11-9-20)27(29)30/h4-11,22,24H,2-3,12-17H2,1H3,(H,25,28). The number of anilines is 1. The molecule has 0 aromatic heterocycles. The zero-order valence-electron chi connectivity index (χ0n) is 17.9. The van der Waals surface area contributed by atoms with Gasteiger partial charge >= 0.3 is 0 Å². The third kappa shape index (κ3) is 7.34. The highest BCUT2D eigenvalue weighted by Crippen LogP contribution is 2.18. The Kier molecular flexibility index (Phi) is 8.37. The average molecular weight is 427 g/mol. The van der Waals surface area contributed by atoms with Gasteiger partial charge in [-0.3, -0.25) is 19.8 Å². The maximum Gasteiger partial charge on any atom is 0.269 e. The molecule has 8 heteroatoms. The highest BCUT2D eigenvalue weighted by atomic mass is 16.6. The Morgan fingerprint density at radius 3 is 2.45 bits per heavy atom. The largest absolute Gasteiger partial charge is 0.385 e. The van der Waals surface area contributed by atoms with Crippen LogP contribution in [0.4, 0.5) is 11.4 Å². The topological polar surface area (TPSA) is 96.7 Å². The van der Waals surface area contributed by atoms with Crippen molar-refractivity contribution in [3.05, 3.63) is 69.8 Å². The summed E-state index contributed by atoms with van der Waals surface area (Å²) in [6, 6.07) is 14.5. The van der Waals surface area contributed by atoms with Crippen LogP contribution in [0.3, 0.4) is 0 Å². The molecule has 0 radical (unpaired) electrons. The highest BCUT2D eigenvalue weighted by Gasteiger charge is 2.20. The molecule has 0 bridgehead atoms. The van der Waals surface area contributed by atoms with Crippen LogP contribution < -0.4 is 10.6 Å². The normalized spacial score (nSPS) is 15.3. The molecule has 2 aromatic rings. The highest BCUT2D eigenvalue weighted by molar-refractivity contribution is 5.76. The minimum Gasteiger partial charge on any atom is -0.385 e. The second-order valence-electron chi connectivity index (χ2n) is 7.78. The van der Waals surface area contributed by atoms with Gasteiger partial charge in [0, 0.05) is 50.4 Å². The van der Waals surface area contributed by atoms with Crippen LogP contribution in [-0.4, -0.2) is 55.1 Å². The number of nitrogens with zero attached hydrogens (tertiary/aromatic N) is 2. The number of nitro benzene ring substituents is 1. The lowest BCUT2D eigenvalue weighted by atomic mass is 10.0. The van der Waals surface area contributed by atoms with E-state index in [1.807, 2.05) is 0 Å². The fourth-order valence-electron chi connectivity index (χ4n) is 3.52. The lowest BCUT2D eigenvalue weighted by molar-refractivity contribution is -0.384. The number of carbonyl (C=O) groups is 1. The van der Waals surface area contributed by atoms with E-state index in [9.17, 15) is 14.9 Å². The van der Waals surface area contributed by atoms with Crippen LogP contribution in [0.15, 0.2) is 48.5 Å². The predicted molar refractivity (Wildman–Crippen MR) is 120 cm³/mol. The fourth-order valence-corrected chi connectivity index (χ4v) is 3.52. The number of nitro groups is 1. The molecule has 1 saturated heterocycles. The van der Waals surface area contributed by atoms with Gasteiger partial charge in [0.25, 0.3) is 5.69 Å². The monoisotopic (exact) mass is 426 g/mol. The van der Waals surface area contributed by atoms with Crippen LogP contribution in [-0.2, 0) is 9.53 Å². The second-order valence-corrected chi connectivity index (χ2v) is 7.78. The van der Waals surface area contributed by atoms with Crippen molar-refractivity contribution in [2.24, 2.45) is 0 Å². The molecule has 1 aliphatic heterocycles. The Labute approximate surface area is 182 Å². The first-order chi connectivity index (χ1) is 15.0. The van der Waals surface area contributed by atoms with E-state index in [0.717, 1.165) is 44.1 Å². The molecule has 1 fully saturated rings. The fraction of sp³-hybridized carbons (Fsp3) is 0.435. The molecular weight excluding hydrogens is 396 g/mol. The van der Waals surface area contributed by atoms with Gasteiger partial charge in [-0.25, -0.2) is 0 Å². The Morgan fingerprint density at radius 1 is 1.13 bits per heavy atom. The van der Waals surface area contributed by atoms with Gasteiger partial charge in [-0.1, -0.05) is 29.8 Å². The number of aryl methyl sites for hydroxylation is 1. The van der Waals surface area contributed by atoms with Crippen molar-refractivity contribution in [1.82, 2.24) is 10.2 Å². The molecule has 1 heterocycles. The minimum absolute atomic E-state index is 0.0179. The van der Waals surface area contributed by atoms with E-state index >= 15 is 0 Å². The zero-order valence-corrected chi connectivity index (χ0v) is 17.9. The van der Waals surface area contributed by atoms with Crippen molar-refractivity contribution in [3.8, 4) is 0 Å². The Morgan fingerprint density at radius 2 is 1.81 bits per heavy atom. The molecule has 166 valence electrons. The summed E-state index contributed by atoms with van der Waals surface area (Å²) in [6.07, 6.45) is 1.08. The van der Waals surface area contributed by atoms with Crippen molar-refractivity contribution >= 4 is 17.3 Å². The number of hydrogen-bond acceptors (Lipinski definition) is 6. The van der Waals surface area contributed by atoms with Crippen molar-refractivity contribution in [1.29, 1.82) is 0 Å². The molecule has 8 nitrogen and oxygen atoms in total. The number of nitrogens with one attached hydrogen (secondary N) is 2. The van der Waals surface area contributed by atoms with E-state index in [4.69, 9.17) is 4.74 Å². The third-order valence-electron chi connectivity index (χ3n) is 5.35. The van der Waals surface area contributed by atoms with E-state index in [1.165, 1.54) is 17.7 Å². The first-order valence-electron chi connectivity index (χ1n) is 10.7. The number of morpholine rings is 1. The quantitative estimate of drug-likeness (QED) is 0.344. The number of hydrogen-bond donors (Lipinski definition) is 2. The van der Waals surface area contributed by atoms with E-state index in [2.05, 4.69) is 46.7 Å². The molecule has 31 heavy (non-hydrogen) atoms. The molecule has 1 atom stereocenters. The van der Waals surface area contributed by atoms with Crippen LogP contribution in [0.5, 0.6) is 0 Å². The average Bonchev–Trinajstić information content (AvgIpc) is 2.78. The summed E-state index contributed by atoms with van der Waals surface area (Å²) in [5, 5.41) is 17.1. The minimum atomic E-state index is -0.421. The molecule has 0 spiro atoms. The SMILES string of the molecule is Cc1ccc(C(CN2CCOCC2)NC(=O)CCCNc2ccc([N+](=O)[O-])cc2)cc1. The number of ether oxygens (including phenoxy) is 1. The summed E-state index contributed by atoms with van der Waals surface area (Å²) in [6.45, 7) is 6.63. The Bertz CT molecular complexity index is 849. The number of carbonyl (C=O) groups excluding carboxylic acids is 1. The molecule has 1 aliphatic rings. The molecule has 0 saturated carbocycles. The maximum atomic E-state index is 12.6. The van der Waals surface area contributed by atoms with Gasteiger partial charge in [-0.05, 0) is 31.0 Å². The van der Waals surface area contributed by atoms with Crippen LogP contribution in [0.1, 0.15) is 30.0 Å². The summed E-state index contributed by atoms with van der Waals surface area (Å²) < 4.78 is 5.43. The number of rotatable bonds is 10. The molecule has 0 aliphatic carbocycles. The van der Waals surface area contributed by atoms with Gasteiger partial charge in [0.15, 0.2) is 0 Å². The second kappa shape index (κ2) is 11.4. The maximum absolute atomic E-state index is 12.6. The predicted octanol–water partition coefficient (Wildman–Crippen LogP) is 3.29. The molecule has 3 rings (SSSR count). The third-order valence-corrected chi connectivity index (χ3v) is 5.35. The zero-order chi connectivity index (χ0) is 22.1. The van der Waals surface area contributed by atoms with Gasteiger partial charge in [0.05, 0.1) is 24.2 Å². The van der Waals surface area contributed by atoms with Gasteiger partial charge in [-0.2, -0.15) is 0 Å². The number of non-ortho nitro benzene ring substituents is 1. The number of amides is 1. The molecule has 2 N–H and O–H groups in total. The van der Waals surface area contributed by atoms with Crippen LogP contribution in [0, 0.1) is 17.0 Å². The first kappa shape index (κ1) is 22.7. The van der Waals surface area contributed by atoms with Crippen molar-refractivity contribution in [2.45, 2.75) is 25.8 Å². The summed E-state index contributed by atoms with van der Waals surface area (Å²) in [5.41, 5.74) is 3.16. The van der Waals surface area contributed by atoms with Gasteiger partial charge in [0.2, 0.25) is 5.91 Å². The Balaban J connectivity index is 1.48. The first-order valence-corrected chi connectivity index (χ1v) is 10.7. The molecule has 2 aromatic carbocycles. The van der Waals surface area contributed by atoms with Gasteiger partial charge in [0.1, 0.15) is 0 Å². The van der Waals surface area contributed by atoms with Crippen LogP contribution in [0.2, 0.25) is 0 Å². The van der Waals surface area contributed by atoms with Crippen molar-refractivity contribution in [2.75, 3.05) is 44.7 Å². The van der Waals surface area contributed by atoms with Crippen molar-refractivity contribution in [3.63, 3.8) is 0 Å². The number of benzene rings is 2. The molecule has 1 unspecified atom stereocenters.